The molecule has 0 radical (unpaired) electrons. The first-order chi connectivity index (χ1) is 12.8. The zero-order valence-corrected chi connectivity index (χ0v) is 14.4. The number of para-hydroxylation sites is 1. The summed E-state index contributed by atoms with van der Waals surface area (Å²) in [5, 5.41) is 3.94. The van der Waals surface area contributed by atoms with Gasteiger partial charge in [-0.25, -0.2) is 0 Å². The van der Waals surface area contributed by atoms with Crippen LogP contribution >= 0.6 is 0 Å². The molecule has 2 heterocycles. The van der Waals surface area contributed by atoms with Crippen LogP contribution in [0.2, 0.25) is 0 Å². The predicted octanol–water partition coefficient (Wildman–Crippen LogP) is 2.98. The Morgan fingerprint density at radius 1 is 1.12 bits per heavy atom. The number of hydrogen-bond acceptors (Lipinski definition) is 4. The molecule has 0 atom stereocenters. The molecule has 2 N–H and O–H groups in total. The minimum absolute atomic E-state index is 0.0843. The van der Waals surface area contributed by atoms with Crippen molar-refractivity contribution in [2.45, 2.75) is 0 Å². The van der Waals surface area contributed by atoms with Crippen molar-refractivity contribution in [3.8, 4) is 5.75 Å². The maximum absolute atomic E-state index is 12.1. The molecule has 0 spiro atoms. The van der Waals surface area contributed by atoms with Crippen molar-refractivity contribution in [2.75, 3.05) is 32.2 Å². The van der Waals surface area contributed by atoms with E-state index >= 15 is 0 Å². The van der Waals surface area contributed by atoms with E-state index in [1.54, 1.807) is 7.11 Å². The van der Waals surface area contributed by atoms with E-state index in [0.29, 0.717) is 13.2 Å². The van der Waals surface area contributed by atoms with E-state index in [-0.39, 0.29) is 12.5 Å². The second-order valence-corrected chi connectivity index (χ2v) is 6.00. The number of methoxy groups -OCH3 is 1. The molecule has 0 saturated carbocycles. The van der Waals surface area contributed by atoms with Crippen LogP contribution in [-0.2, 0) is 9.53 Å². The molecule has 6 nitrogen and oxygen atoms in total. The van der Waals surface area contributed by atoms with E-state index in [2.05, 4.69) is 15.3 Å². The number of aliphatic imine (C=N–C) groups is 1. The molecule has 1 aromatic heterocycles. The van der Waals surface area contributed by atoms with Crippen molar-refractivity contribution in [1.29, 1.82) is 0 Å². The number of carbonyl (C=O) groups is 1. The van der Waals surface area contributed by atoms with Gasteiger partial charge in [0.1, 0.15) is 18.9 Å². The molecule has 0 aliphatic carbocycles. The van der Waals surface area contributed by atoms with Gasteiger partial charge < -0.3 is 19.8 Å². The van der Waals surface area contributed by atoms with Crippen molar-refractivity contribution in [3.05, 3.63) is 59.8 Å². The van der Waals surface area contributed by atoms with Crippen LogP contribution in [0.5, 0.6) is 5.75 Å². The Morgan fingerprint density at radius 3 is 2.88 bits per heavy atom. The van der Waals surface area contributed by atoms with Gasteiger partial charge in [0.2, 0.25) is 5.91 Å². The molecule has 0 fully saturated rings. The number of benzene rings is 2. The summed E-state index contributed by atoms with van der Waals surface area (Å²) < 4.78 is 10.7. The molecular weight excluding hydrogens is 330 g/mol. The van der Waals surface area contributed by atoms with Gasteiger partial charge in [-0.2, -0.15) is 0 Å². The standard InChI is InChI=1S/C20H19N3O3/c1-25-9-10-26-14-6-4-5-13(11-14)18-20-19(23-17(24)12-21-18)15-7-2-3-8-16(15)22-20/h2-8,11,22H,9-10,12H2,1H3,(H,23,24). The molecule has 0 saturated heterocycles. The van der Waals surface area contributed by atoms with E-state index < -0.39 is 0 Å². The van der Waals surface area contributed by atoms with Gasteiger partial charge in [-0.1, -0.05) is 30.3 Å². The van der Waals surface area contributed by atoms with E-state index in [1.165, 1.54) is 0 Å². The first-order valence-corrected chi connectivity index (χ1v) is 8.44. The van der Waals surface area contributed by atoms with Gasteiger partial charge in [0.15, 0.2) is 0 Å². The highest BCUT2D eigenvalue weighted by Crippen LogP contribution is 2.31. The van der Waals surface area contributed by atoms with Crippen LogP contribution in [0.3, 0.4) is 0 Å². The molecular formula is C20H19N3O3. The van der Waals surface area contributed by atoms with Crippen LogP contribution in [0.25, 0.3) is 10.9 Å². The number of carbonyl (C=O) groups excluding carboxylic acids is 1. The number of amides is 1. The lowest BCUT2D eigenvalue weighted by Gasteiger charge is -2.09. The Hall–Kier alpha value is -3.12. The van der Waals surface area contributed by atoms with Crippen molar-refractivity contribution in [3.63, 3.8) is 0 Å². The number of nitrogens with one attached hydrogen (secondary N) is 2. The molecule has 2 aromatic carbocycles. The van der Waals surface area contributed by atoms with Crippen LogP contribution in [0.4, 0.5) is 5.69 Å². The molecule has 26 heavy (non-hydrogen) atoms. The van der Waals surface area contributed by atoms with Gasteiger partial charge in [0, 0.05) is 23.6 Å². The number of fused-ring (bicyclic) bond motifs is 3. The van der Waals surface area contributed by atoms with Gasteiger partial charge in [-0.3, -0.25) is 9.79 Å². The van der Waals surface area contributed by atoms with Crippen LogP contribution in [-0.4, -0.2) is 43.5 Å². The minimum atomic E-state index is -0.126. The molecule has 1 amide bonds. The number of ether oxygens (including phenoxy) is 2. The quantitative estimate of drug-likeness (QED) is 0.695. The number of nitrogens with zero attached hydrogens (tertiary/aromatic N) is 1. The summed E-state index contributed by atoms with van der Waals surface area (Å²) in [4.78, 5) is 20.1. The van der Waals surface area contributed by atoms with Gasteiger partial charge in [0.25, 0.3) is 0 Å². The number of aromatic nitrogens is 1. The topological polar surface area (TPSA) is 75.7 Å². The van der Waals surface area contributed by atoms with Crippen molar-refractivity contribution >= 4 is 28.2 Å². The minimum Gasteiger partial charge on any atom is -0.491 e. The van der Waals surface area contributed by atoms with Crippen LogP contribution < -0.4 is 10.1 Å². The van der Waals surface area contributed by atoms with E-state index in [0.717, 1.165) is 39.3 Å². The smallest absolute Gasteiger partial charge is 0.246 e. The fraction of sp³-hybridized carbons (Fsp3) is 0.200. The van der Waals surface area contributed by atoms with Crippen LogP contribution in [0, 0.1) is 0 Å². The summed E-state index contributed by atoms with van der Waals surface area (Å²) >= 11 is 0. The van der Waals surface area contributed by atoms with Crippen LogP contribution in [0.15, 0.2) is 53.5 Å². The summed E-state index contributed by atoms with van der Waals surface area (Å²) in [5.74, 6) is 0.613. The lowest BCUT2D eigenvalue weighted by Crippen LogP contribution is -2.13. The zero-order chi connectivity index (χ0) is 17.9. The SMILES string of the molecule is COCCOc1cccc(C2=NCC(=O)Nc3c2[nH]c2ccccc32)c1. The Kier molecular flexibility index (Phi) is 4.41. The summed E-state index contributed by atoms with van der Waals surface area (Å²) in [6.45, 7) is 1.08. The summed E-state index contributed by atoms with van der Waals surface area (Å²) in [7, 11) is 1.64. The highest BCUT2D eigenvalue weighted by Gasteiger charge is 2.22. The average Bonchev–Trinajstić information content (AvgIpc) is 2.92. The lowest BCUT2D eigenvalue weighted by molar-refractivity contribution is -0.114. The number of anilines is 1. The number of hydrogen-bond donors (Lipinski definition) is 2. The Labute approximate surface area is 150 Å². The molecule has 4 rings (SSSR count). The second-order valence-electron chi connectivity index (χ2n) is 6.00. The monoisotopic (exact) mass is 349 g/mol. The molecule has 0 unspecified atom stereocenters. The summed E-state index contributed by atoms with van der Waals surface area (Å²) in [6, 6.07) is 15.6. The summed E-state index contributed by atoms with van der Waals surface area (Å²) in [5.41, 5.74) is 4.18. The lowest BCUT2D eigenvalue weighted by atomic mass is 10.1. The second kappa shape index (κ2) is 7.01. The zero-order valence-electron chi connectivity index (χ0n) is 14.4. The summed E-state index contributed by atoms with van der Waals surface area (Å²) in [6.07, 6.45) is 0. The Morgan fingerprint density at radius 2 is 2.00 bits per heavy atom. The largest absolute Gasteiger partial charge is 0.491 e. The van der Waals surface area contributed by atoms with Crippen molar-refractivity contribution in [2.24, 2.45) is 4.99 Å². The number of aromatic amines is 1. The van der Waals surface area contributed by atoms with E-state index in [4.69, 9.17) is 9.47 Å². The van der Waals surface area contributed by atoms with Gasteiger partial charge in [0.05, 0.1) is 23.7 Å². The van der Waals surface area contributed by atoms with Gasteiger partial charge in [-0.05, 0) is 18.2 Å². The predicted molar refractivity (Wildman–Crippen MR) is 101 cm³/mol. The molecule has 1 aliphatic heterocycles. The highest BCUT2D eigenvalue weighted by molar-refractivity contribution is 6.22. The van der Waals surface area contributed by atoms with Crippen molar-refractivity contribution in [1.82, 2.24) is 4.98 Å². The average molecular weight is 349 g/mol. The third kappa shape index (κ3) is 3.07. The first kappa shape index (κ1) is 16.4. The number of rotatable bonds is 5. The first-order valence-electron chi connectivity index (χ1n) is 8.44. The fourth-order valence-corrected chi connectivity index (χ4v) is 3.07. The third-order valence-corrected chi connectivity index (χ3v) is 4.25. The van der Waals surface area contributed by atoms with Crippen LogP contribution in [0.1, 0.15) is 11.3 Å². The molecule has 6 heteroatoms. The van der Waals surface area contributed by atoms with E-state index in [1.807, 2.05) is 48.5 Å². The Balaban J connectivity index is 1.77. The van der Waals surface area contributed by atoms with Crippen molar-refractivity contribution < 1.29 is 14.3 Å². The molecule has 0 bridgehead atoms. The number of H-pyrrole nitrogens is 1. The van der Waals surface area contributed by atoms with Gasteiger partial charge in [-0.15, -0.1) is 0 Å². The Bertz CT molecular complexity index is 991. The van der Waals surface area contributed by atoms with E-state index in [9.17, 15) is 4.79 Å². The third-order valence-electron chi connectivity index (χ3n) is 4.25. The highest BCUT2D eigenvalue weighted by atomic mass is 16.5. The van der Waals surface area contributed by atoms with Gasteiger partial charge >= 0.3 is 0 Å². The molecule has 1 aliphatic rings. The maximum atomic E-state index is 12.1. The molecule has 3 aromatic rings. The normalized spacial score (nSPS) is 13.7. The fourth-order valence-electron chi connectivity index (χ4n) is 3.07. The molecule has 132 valence electrons. The maximum Gasteiger partial charge on any atom is 0.246 e.